The van der Waals surface area contributed by atoms with Crippen LogP contribution in [-0.4, -0.2) is 25.1 Å². The van der Waals surface area contributed by atoms with Gasteiger partial charge >= 0.3 is 5.97 Å². The normalized spacial score (nSPS) is 36.2. The van der Waals surface area contributed by atoms with Gasteiger partial charge in [0.05, 0.1) is 4.47 Å². The highest BCUT2D eigenvalue weighted by Crippen LogP contribution is 2.84. The van der Waals surface area contributed by atoms with E-state index in [2.05, 4.69) is 15.9 Å². The molecule has 0 spiro atoms. The minimum atomic E-state index is -2.89. The molecular formula is C16H15BrF2O3. The van der Waals surface area contributed by atoms with Crippen molar-refractivity contribution in [1.29, 1.82) is 0 Å². The van der Waals surface area contributed by atoms with E-state index in [-0.39, 0.29) is 25.0 Å². The van der Waals surface area contributed by atoms with Crippen molar-refractivity contribution in [3.8, 4) is 5.75 Å². The number of hydrogen-bond donors (Lipinski definition) is 0. The second-order valence-corrected chi connectivity index (χ2v) is 7.14. The van der Waals surface area contributed by atoms with Crippen molar-refractivity contribution in [2.24, 2.45) is 23.2 Å². The number of ether oxygens (including phenoxy) is 2. The molecule has 0 N–H and O–H groups in total. The maximum Gasteiger partial charge on any atom is 0.318 e. The largest absolute Gasteiger partial charge is 0.489 e. The Balaban J connectivity index is 1.33. The number of carbonyl (C=O) groups excluding carboxylic acids is 1. The van der Waals surface area contributed by atoms with Crippen molar-refractivity contribution < 1.29 is 23.0 Å². The molecule has 6 heteroatoms. The molecule has 2 atom stereocenters. The van der Waals surface area contributed by atoms with E-state index in [0.29, 0.717) is 18.6 Å². The van der Waals surface area contributed by atoms with E-state index in [1.807, 2.05) is 18.2 Å². The topological polar surface area (TPSA) is 35.5 Å². The maximum absolute atomic E-state index is 14.2. The van der Waals surface area contributed by atoms with Crippen LogP contribution in [0.1, 0.15) is 12.8 Å². The molecule has 4 aliphatic carbocycles. The zero-order chi connectivity index (χ0) is 15.5. The summed E-state index contributed by atoms with van der Waals surface area (Å²) in [6.45, 7) is 0.136. The fourth-order valence-electron chi connectivity index (χ4n) is 4.48. The average Bonchev–Trinajstić information content (AvgIpc) is 2.75. The molecule has 22 heavy (non-hydrogen) atoms. The summed E-state index contributed by atoms with van der Waals surface area (Å²) in [4.78, 5) is 12.2. The second-order valence-electron chi connectivity index (χ2n) is 6.29. The van der Waals surface area contributed by atoms with E-state index in [1.54, 1.807) is 6.07 Å². The zero-order valence-electron chi connectivity index (χ0n) is 11.7. The molecule has 3 nitrogen and oxygen atoms in total. The summed E-state index contributed by atoms with van der Waals surface area (Å²) in [5, 5.41) is 0. The van der Waals surface area contributed by atoms with Crippen molar-refractivity contribution in [2.45, 2.75) is 18.8 Å². The van der Waals surface area contributed by atoms with Crippen LogP contribution in [0.3, 0.4) is 0 Å². The van der Waals surface area contributed by atoms with Gasteiger partial charge in [-0.1, -0.05) is 12.1 Å². The molecule has 118 valence electrons. The Kier molecular flexibility index (Phi) is 3.06. The van der Waals surface area contributed by atoms with Crippen LogP contribution < -0.4 is 4.74 Å². The number of rotatable bonds is 5. The third kappa shape index (κ3) is 1.67. The van der Waals surface area contributed by atoms with Crippen molar-refractivity contribution in [3.63, 3.8) is 0 Å². The lowest BCUT2D eigenvalue weighted by Crippen LogP contribution is -2.37. The van der Waals surface area contributed by atoms with Crippen molar-refractivity contribution in [2.75, 3.05) is 13.2 Å². The predicted molar refractivity (Wildman–Crippen MR) is 77.7 cm³/mol. The summed E-state index contributed by atoms with van der Waals surface area (Å²) < 4.78 is 39.8. The summed E-state index contributed by atoms with van der Waals surface area (Å²) in [6, 6.07) is 7.30. The van der Waals surface area contributed by atoms with Crippen LogP contribution in [0.5, 0.6) is 5.75 Å². The lowest BCUT2D eigenvalue weighted by molar-refractivity contribution is -0.168. The Morgan fingerprint density at radius 3 is 2.50 bits per heavy atom. The van der Waals surface area contributed by atoms with Gasteiger partial charge in [-0.25, -0.2) is 8.78 Å². The lowest BCUT2D eigenvalue weighted by Gasteiger charge is -2.21. The molecule has 4 fully saturated rings. The molecule has 0 amide bonds. The minimum Gasteiger partial charge on any atom is -0.489 e. The number of benzene rings is 1. The van der Waals surface area contributed by atoms with Crippen molar-refractivity contribution >= 4 is 21.9 Å². The highest BCUT2D eigenvalue weighted by Gasteiger charge is 2.92. The first-order chi connectivity index (χ1) is 10.5. The molecule has 0 aliphatic heterocycles. The van der Waals surface area contributed by atoms with Gasteiger partial charge in [-0.05, 0) is 52.7 Å². The molecule has 4 bridgehead atoms. The van der Waals surface area contributed by atoms with E-state index in [1.165, 1.54) is 0 Å². The first-order valence-corrected chi connectivity index (χ1v) is 8.21. The Morgan fingerprint density at radius 2 is 1.91 bits per heavy atom. The Morgan fingerprint density at radius 1 is 1.23 bits per heavy atom. The number of carbonyl (C=O) groups is 1. The maximum atomic E-state index is 14.2. The number of para-hydroxylation sites is 1. The summed E-state index contributed by atoms with van der Waals surface area (Å²) in [5.74, 6) is -3.93. The van der Waals surface area contributed by atoms with Crippen molar-refractivity contribution in [1.82, 2.24) is 0 Å². The monoisotopic (exact) mass is 372 g/mol. The lowest BCUT2D eigenvalue weighted by atomic mass is 9.99. The van der Waals surface area contributed by atoms with Gasteiger partial charge in [0.1, 0.15) is 24.4 Å². The van der Waals surface area contributed by atoms with E-state index in [9.17, 15) is 13.6 Å². The molecule has 4 saturated carbocycles. The van der Waals surface area contributed by atoms with Gasteiger partial charge in [-0.3, -0.25) is 4.79 Å². The van der Waals surface area contributed by atoms with Crippen LogP contribution >= 0.6 is 15.9 Å². The number of esters is 1. The first-order valence-electron chi connectivity index (χ1n) is 7.42. The van der Waals surface area contributed by atoms with Crippen LogP contribution in [-0.2, 0) is 9.53 Å². The summed E-state index contributed by atoms with van der Waals surface area (Å²) in [5.41, 5.74) is -1.51. The predicted octanol–water partition coefficient (Wildman–Crippen LogP) is 3.66. The zero-order valence-corrected chi connectivity index (χ0v) is 13.3. The molecule has 1 aromatic carbocycles. The van der Waals surface area contributed by atoms with Crippen LogP contribution in [0.15, 0.2) is 28.7 Å². The van der Waals surface area contributed by atoms with E-state index in [0.717, 1.165) is 4.47 Å². The Bertz CT molecular complexity index is 622. The SMILES string of the molecule is O=C(OCCOc1ccccc1Br)C12C3CC(CC31)C2(F)F. The molecule has 0 saturated heterocycles. The Labute approximate surface area is 135 Å². The van der Waals surface area contributed by atoms with Gasteiger partial charge in [-0.2, -0.15) is 0 Å². The molecule has 0 heterocycles. The standard InChI is InChI=1S/C16H15BrF2O3/c17-12-3-1-2-4-13(12)21-5-6-22-14(20)15-10-7-9(8-11(10)15)16(15,18)19/h1-4,9-11H,5-8H2. The fraction of sp³-hybridized carbons (Fsp3) is 0.562. The van der Waals surface area contributed by atoms with Crippen molar-refractivity contribution in [3.05, 3.63) is 28.7 Å². The highest BCUT2D eigenvalue weighted by atomic mass is 79.9. The van der Waals surface area contributed by atoms with Crippen LogP contribution in [0, 0.1) is 23.2 Å². The van der Waals surface area contributed by atoms with Crippen LogP contribution in [0.4, 0.5) is 8.78 Å². The van der Waals surface area contributed by atoms with Gasteiger partial charge in [-0.15, -0.1) is 0 Å². The smallest absolute Gasteiger partial charge is 0.318 e. The quantitative estimate of drug-likeness (QED) is 0.584. The van der Waals surface area contributed by atoms with Gasteiger partial charge in [0, 0.05) is 5.92 Å². The molecule has 0 aromatic heterocycles. The molecular weight excluding hydrogens is 358 g/mol. The molecule has 1 aromatic rings. The first kappa shape index (κ1) is 14.4. The molecule has 5 rings (SSSR count). The highest BCUT2D eigenvalue weighted by molar-refractivity contribution is 9.10. The average molecular weight is 373 g/mol. The molecule has 0 radical (unpaired) electrons. The van der Waals surface area contributed by atoms with Crippen LogP contribution in [0.25, 0.3) is 0 Å². The van der Waals surface area contributed by atoms with E-state index < -0.39 is 23.2 Å². The van der Waals surface area contributed by atoms with Gasteiger partial charge < -0.3 is 9.47 Å². The minimum absolute atomic E-state index is 0.0118. The fourth-order valence-corrected chi connectivity index (χ4v) is 4.88. The third-order valence-electron chi connectivity index (χ3n) is 5.44. The van der Waals surface area contributed by atoms with Crippen LogP contribution in [0.2, 0.25) is 0 Å². The second kappa shape index (κ2) is 4.66. The summed E-state index contributed by atoms with van der Waals surface area (Å²) in [6.07, 6.45) is 0.945. The molecule has 2 unspecified atom stereocenters. The number of halogens is 3. The number of alkyl halides is 2. The summed E-state index contributed by atoms with van der Waals surface area (Å²) >= 11 is 3.34. The van der Waals surface area contributed by atoms with E-state index in [4.69, 9.17) is 9.47 Å². The van der Waals surface area contributed by atoms with Gasteiger partial charge in [0.25, 0.3) is 5.92 Å². The number of hydrogen-bond acceptors (Lipinski definition) is 3. The summed E-state index contributed by atoms with van der Waals surface area (Å²) in [7, 11) is 0. The molecule has 4 aliphatic rings. The third-order valence-corrected chi connectivity index (χ3v) is 6.09. The van der Waals surface area contributed by atoms with Gasteiger partial charge in [0.2, 0.25) is 0 Å². The van der Waals surface area contributed by atoms with E-state index >= 15 is 0 Å². The van der Waals surface area contributed by atoms with Gasteiger partial charge in [0.15, 0.2) is 0 Å². The Hall–Kier alpha value is -1.17.